The molecule has 37 heavy (non-hydrogen) atoms. The molecule has 0 unspecified atom stereocenters. The zero-order valence-electron chi connectivity index (χ0n) is 21.5. The predicted octanol–water partition coefficient (Wildman–Crippen LogP) is 5.58. The summed E-state index contributed by atoms with van der Waals surface area (Å²) in [6.45, 7) is 11.3. The van der Waals surface area contributed by atoms with Crippen molar-refractivity contribution in [2.75, 3.05) is 31.6 Å². The molecule has 1 aliphatic rings. The fourth-order valence-electron chi connectivity index (χ4n) is 5.07. The fraction of sp³-hybridized carbons (Fsp3) is 0.407. The van der Waals surface area contributed by atoms with Crippen LogP contribution in [0.2, 0.25) is 0 Å². The maximum Gasteiger partial charge on any atom is 0.229 e. The van der Waals surface area contributed by atoms with Crippen LogP contribution in [0.3, 0.4) is 0 Å². The molecule has 10 heteroatoms. The van der Waals surface area contributed by atoms with E-state index in [1.54, 1.807) is 6.07 Å². The minimum atomic E-state index is -0.642. The summed E-state index contributed by atoms with van der Waals surface area (Å²) >= 11 is 0. The number of pyridine rings is 1. The highest BCUT2D eigenvalue weighted by molar-refractivity contribution is 5.83. The molecule has 5 rings (SSSR count). The average Bonchev–Trinajstić information content (AvgIpc) is 3.24. The van der Waals surface area contributed by atoms with Crippen LogP contribution in [0.4, 0.5) is 20.5 Å². The van der Waals surface area contributed by atoms with E-state index in [2.05, 4.69) is 37.1 Å². The number of nitrogens with one attached hydrogen (secondary N) is 1. The number of imidazole rings is 1. The monoisotopic (exact) mass is 507 g/mol. The third-order valence-electron chi connectivity index (χ3n) is 6.74. The first kappa shape index (κ1) is 25.2. The lowest BCUT2D eigenvalue weighted by Gasteiger charge is -2.34. The number of halogens is 2. The van der Waals surface area contributed by atoms with Crippen LogP contribution in [-0.2, 0) is 4.74 Å². The molecule has 4 heterocycles. The normalized spacial score (nSPS) is 15.4. The summed E-state index contributed by atoms with van der Waals surface area (Å²) in [6, 6.07) is 7.21. The van der Waals surface area contributed by atoms with E-state index in [0.29, 0.717) is 22.7 Å². The third kappa shape index (κ3) is 5.03. The first-order chi connectivity index (χ1) is 17.9. The lowest BCUT2D eigenvalue weighted by atomic mass is 10.0. The minimum Gasteiger partial charge on any atom is -0.379 e. The minimum absolute atomic E-state index is 0.00226. The van der Waals surface area contributed by atoms with Crippen molar-refractivity contribution in [1.29, 1.82) is 0 Å². The molecule has 4 aromatic rings. The van der Waals surface area contributed by atoms with Gasteiger partial charge in [-0.3, -0.25) is 4.90 Å². The van der Waals surface area contributed by atoms with E-state index < -0.39 is 11.6 Å². The van der Waals surface area contributed by atoms with Crippen molar-refractivity contribution in [2.45, 2.75) is 46.2 Å². The summed E-state index contributed by atoms with van der Waals surface area (Å²) in [4.78, 5) is 19.7. The van der Waals surface area contributed by atoms with Gasteiger partial charge in [0.2, 0.25) is 5.95 Å². The largest absolute Gasteiger partial charge is 0.379 e. The quantitative estimate of drug-likeness (QED) is 0.350. The summed E-state index contributed by atoms with van der Waals surface area (Å²) in [7, 11) is 0. The van der Waals surface area contributed by atoms with Crippen LogP contribution in [0, 0.1) is 18.6 Å². The van der Waals surface area contributed by atoms with Crippen molar-refractivity contribution in [1.82, 2.24) is 29.4 Å². The zero-order chi connectivity index (χ0) is 26.1. The van der Waals surface area contributed by atoms with Crippen molar-refractivity contribution in [3.63, 3.8) is 0 Å². The number of aromatic nitrogens is 5. The molecule has 1 atom stereocenters. The molecule has 0 bridgehead atoms. The summed E-state index contributed by atoms with van der Waals surface area (Å²) in [5, 5.41) is 3.05. The standard InChI is InChI=1S/C27H31F2N7O/c1-5-22(35-8-10-37-11-9-35)18-6-7-24(30-14-18)33-27-31-15-21(29)25(34-27)19-12-20(28)26-23(13-19)36(16(2)3)17(4)32-26/h6-7,12-16,22H,5,8-11H2,1-4H3,(H,30,31,33,34)/t22-/m1/s1. The lowest BCUT2D eigenvalue weighted by Crippen LogP contribution is -2.38. The van der Waals surface area contributed by atoms with Crippen molar-refractivity contribution >= 4 is 22.8 Å². The van der Waals surface area contributed by atoms with Crippen molar-refractivity contribution in [3.05, 3.63) is 59.7 Å². The number of nitrogens with zero attached hydrogens (tertiary/aromatic N) is 6. The zero-order valence-corrected chi connectivity index (χ0v) is 21.5. The van der Waals surface area contributed by atoms with Gasteiger partial charge in [-0.15, -0.1) is 0 Å². The highest BCUT2D eigenvalue weighted by Gasteiger charge is 2.22. The maximum absolute atomic E-state index is 15.0. The Balaban J connectivity index is 1.42. The maximum atomic E-state index is 15.0. The van der Waals surface area contributed by atoms with Crippen molar-refractivity contribution < 1.29 is 13.5 Å². The van der Waals surface area contributed by atoms with Crippen LogP contribution < -0.4 is 5.32 Å². The molecule has 1 saturated heterocycles. The number of hydrogen-bond acceptors (Lipinski definition) is 7. The molecule has 1 aliphatic heterocycles. The number of fused-ring (bicyclic) bond motifs is 1. The average molecular weight is 508 g/mol. The highest BCUT2D eigenvalue weighted by Crippen LogP contribution is 2.31. The first-order valence-corrected chi connectivity index (χ1v) is 12.6. The third-order valence-corrected chi connectivity index (χ3v) is 6.74. The number of benzene rings is 1. The number of rotatable bonds is 7. The fourth-order valence-corrected chi connectivity index (χ4v) is 5.07. The number of ether oxygens (including phenoxy) is 1. The number of aryl methyl sites for hydroxylation is 1. The van der Waals surface area contributed by atoms with Crippen LogP contribution in [0.25, 0.3) is 22.3 Å². The van der Waals surface area contributed by atoms with E-state index in [9.17, 15) is 8.78 Å². The summed E-state index contributed by atoms with van der Waals surface area (Å²) in [5.74, 6) is 0.237. The lowest BCUT2D eigenvalue weighted by molar-refractivity contribution is 0.0152. The second kappa shape index (κ2) is 10.5. The number of anilines is 2. The van der Waals surface area contributed by atoms with Crippen molar-refractivity contribution in [3.8, 4) is 11.3 Å². The van der Waals surface area contributed by atoms with Gasteiger partial charge in [-0.25, -0.2) is 28.7 Å². The van der Waals surface area contributed by atoms with Crippen LogP contribution in [0.5, 0.6) is 0 Å². The highest BCUT2D eigenvalue weighted by atomic mass is 19.1. The van der Waals surface area contributed by atoms with E-state index >= 15 is 0 Å². The van der Waals surface area contributed by atoms with Gasteiger partial charge in [0, 0.05) is 36.9 Å². The summed E-state index contributed by atoms with van der Waals surface area (Å²) < 4.78 is 37.2. The molecule has 0 amide bonds. The molecule has 0 spiro atoms. The molecule has 194 valence electrons. The molecule has 0 aliphatic carbocycles. The van der Waals surface area contributed by atoms with Gasteiger partial charge in [0.05, 0.1) is 24.9 Å². The van der Waals surface area contributed by atoms with Crippen LogP contribution in [-0.4, -0.2) is 55.7 Å². The Labute approximate surface area is 214 Å². The Kier molecular flexibility index (Phi) is 7.12. The first-order valence-electron chi connectivity index (χ1n) is 12.6. The summed E-state index contributed by atoms with van der Waals surface area (Å²) in [6.07, 6.45) is 3.89. The second-order valence-electron chi connectivity index (χ2n) is 9.51. The van der Waals surface area contributed by atoms with Crippen molar-refractivity contribution in [2.24, 2.45) is 0 Å². The molecule has 1 aromatic carbocycles. The predicted molar refractivity (Wildman–Crippen MR) is 139 cm³/mol. The number of morpholine rings is 1. The van der Waals surface area contributed by atoms with Gasteiger partial charge >= 0.3 is 0 Å². The molecule has 1 fully saturated rings. The molecule has 3 aromatic heterocycles. The Morgan fingerprint density at radius 1 is 1.03 bits per heavy atom. The molecule has 1 N–H and O–H groups in total. The Morgan fingerprint density at radius 3 is 2.49 bits per heavy atom. The Hall–Kier alpha value is -3.50. The van der Waals surface area contributed by atoms with Gasteiger partial charge in [-0.1, -0.05) is 13.0 Å². The molecule has 0 radical (unpaired) electrons. The van der Waals surface area contributed by atoms with E-state index in [1.165, 1.54) is 6.07 Å². The van der Waals surface area contributed by atoms with E-state index in [0.717, 1.165) is 44.5 Å². The van der Waals surface area contributed by atoms with E-state index in [-0.39, 0.29) is 29.2 Å². The van der Waals surface area contributed by atoms with Gasteiger partial charge in [-0.2, -0.15) is 0 Å². The van der Waals surface area contributed by atoms with Crippen LogP contribution in [0.1, 0.15) is 50.7 Å². The van der Waals surface area contributed by atoms with E-state index in [1.807, 2.05) is 43.7 Å². The van der Waals surface area contributed by atoms with E-state index in [4.69, 9.17) is 4.74 Å². The molecular formula is C27H31F2N7O. The van der Waals surface area contributed by atoms with Gasteiger partial charge in [0.1, 0.15) is 22.9 Å². The molecule has 0 saturated carbocycles. The SMILES string of the molecule is CC[C@H](c1ccc(Nc2ncc(F)c(-c3cc(F)c4nc(C)n(C(C)C)c4c3)n2)nc1)N1CCOCC1. The topological polar surface area (TPSA) is 81.0 Å². The summed E-state index contributed by atoms with van der Waals surface area (Å²) in [5.41, 5.74) is 2.29. The second-order valence-corrected chi connectivity index (χ2v) is 9.51. The van der Waals surface area contributed by atoms with Gasteiger partial charge in [0.25, 0.3) is 0 Å². The van der Waals surface area contributed by atoms with Crippen LogP contribution >= 0.6 is 0 Å². The Bertz CT molecular complexity index is 1400. The van der Waals surface area contributed by atoms with Gasteiger partial charge in [-0.05, 0) is 51.0 Å². The smallest absolute Gasteiger partial charge is 0.229 e. The number of hydrogen-bond donors (Lipinski definition) is 1. The van der Waals surface area contributed by atoms with Gasteiger partial charge < -0.3 is 14.6 Å². The van der Waals surface area contributed by atoms with Gasteiger partial charge in [0.15, 0.2) is 11.6 Å². The Morgan fingerprint density at radius 2 is 1.81 bits per heavy atom. The van der Waals surface area contributed by atoms with Crippen LogP contribution in [0.15, 0.2) is 36.7 Å². The molecule has 8 nitrogen and oxygen atoms in total. The molecular weight excluding hydrogens is 476 g/mol.